The number of aromatic nitrogens is 1. The summed E-state index contributed by atoms with van der Waals surface area (Å²) in [5, 5.41) is 13.6. The molecule has 0 saturated heterocycles. The molecule has 2 N–H and O–H groups in total. The van der Waals surface area contributed by atoms with Crippen molar-refractivity contribution in [3.8, 4) is 5.75 Å². The maximum absolute atomic E-state index is 13.9. The second kappa shape index (κ2) is 10.6. The zero-order chi connectivity index (χ0) is 28.5. The lowest BCUT2D eigenvalue weighted by molar-refractivity contribution is -0.137. The number of fused-ring (bicyclic) bond motifs is 1. The minimum absolute atomic E-state index is 0.375. The summed E-state index contributed by atoms with van der Waals surface area (Å²) in [6.45, 7) is 7.15. The Balaban J connectivity index is 2.09. The first-order chi connectivity index (χ1) is 17.7. The molecule has 2 amide bonds. The molecule has 0 saturated carbocycles. The van der Waals surface area contributed by atoms with Gasteiger partial charge in [0.1, 0.15) is 29.7 Å². The predicted octanol–water partition coefficient (Wildman–Crippen LogP) is 3.33. The standard InChI is InChI=1S/C24H22F6N4O4/c1-4-12(3)32-11-34(14(5-2)8-24(28,29)30)33-10-16(20(35)21(36)19(33)23(32)38)22(37)31-9-15-17(26)6-13(25)7-18(15)27/h4-7,10,12,14,36H,1-2,8-9,11H2,3H3,(H,31,37)/t12-,14-/m0/s1. The Morgan fingerprint density at radius 1 is 1.16 bits per heavy atom. The largest absolute Gasteiger partial charge is 0.502 e. The van der Waals surface area contributed by atoms with Gasteiger partial charge in [-0.15, -0.1) is 13.2 Å². The summed E-state index contributed by atoms with van der Waals surface area (Å²) in [5.41, 5.74) is -3.64. The lowest BCUT2D eigenvalue weighted by Gasteiger charge is -2.44. The van der Waals surface area contributed by atoms with Crippen molar-refractivity contribution in [2.24, 2.45) is 0 Å². The molecular formula is C24H22F6N4O4. The molecule has 14 heteroatoms. The lowest BCUT2D eigenvalue weighted by Crippen LogP contribution is -2.60. The van der Waals surface area contributed by atoms with Crippen molar-refractivity contribution >= 4 is 11.8 Å². The molecule has 2 heterocycles. The van der Waals surface area contributed by atoms with E-state index < -0.39 is 95.2 Å². The van der Waals surface area contributed by atoms with E-state index >= 15 is 0 Å². The van der Waals surface area contributed by atoms with Gasteiger partial charge in [0.05, 0.1) is 12.5 Å². The summed E-state index contributed by atoms with van der Waals surface area (Å²) in [7, 11) is 0. The monoisotopic (exact) mass is 544 g/mol. The van der Waals surface area contributed by atoms with Gasteiger partial charge in [-0.05, 0) is 6.92 Å². The van der Waals surface area contributed by atoms with Gasteiger partial charge >= 0.3 is 6.18 Å². The molecule has 204 valence electrons. The molecule has 0 fully saturated rings. The smallest absolute Gasteiger partial charge is 0.391 e. The van der Waals surface area contributed by atoms with Gasteiger partial charge in [-0.3, -0.25) is 24.1 Å². The SMILES string of the molecule is C=C[C@H](C)N1CN([C@@H](C=C)CC(F)(F)F)n2cc(C(=O)NCc3c(F)cc(F)cc3F)c(=O)c(O)c2C1=O. The van der Waals surface area contributed by atoms with Crippen LogP contribution in [0.5, 0.6) is 5.75 Å². The van der Waals surface area contributed by atoms with Crippen molar-refractivity contribution < 1.29 is 41.0 Å². The van der Waals surface area contributed by atoms with E-state index in [1.165, 1.54) is 13.0 Å². The van der Waals surface area contributed by atoms with Crippen LogP contribution in [-0.2, 0) is 6.54 Å². The molecule has 1 aliphatic rings. The molecule has 1 aliphatic heterocycles. The number of aromatic hydroxyl groups is 1. The van der Waals surface area contributed by atoms with Crippen LogP contribution in [0.15, 0.2) is 48.4 Å². The van der Waals surface area contributed by atoms with Crippen LogP contribution in [0.25, 0.3) is 0 Å². The fourth-order valence-corrected chi connectivity index (χ4v) is 3.84. The number of amides is 2. The molecule has 3 rings (SSSR count). The minimum Gasteiger partial charge on any atom is -0.502 e. The number of nitrogens with zero attached hydrogens (tertiary/aromatic N) is 3. The van der Waals surface area contributed by atoms with E-state index in [2.05, 4.69) is 13.2 Å². The zero-order valence-electron chi connectivity index (χ0n) is 19.9. The molecule has 0 unspecified atom stereocenters. The van der Waals surface area contributed by atoms with Crippen molar-refractivity contribution in [1.29, 1.82) is 0 Å². The average Bonchev–Trinajstić information content (AvgIpc) is 2.82. The third-order valence-corrected chi connectivity index (χ3v) is 5.91. The van der Waals surface area contributed by atoms with Crippen molar-refractivity contribution in [3.05, 3.63) is 88.1 Å². The first kappa shape index (κ1) is 28.3. The number of pyridine rings is 1. The Bertz CT molecular complexity index is 1330. The molecule has 0 radical (unpaired) electrons. The van der Waals surface area contributed by atoms with E-state index in [9.17, 15) is 45.8 Å². The van der Waals surface area contributed by atoms with Crippen molar-refractivity contribution in [2.75, 3.05) is 11.7 Å². The molecule has 8 nitrogen and oxygen atoms in total. The summed E-state index contributed by atoms with van der Waals surface area (Å²) in [5.74, 6) is -7.27. The molecule has 2 atom stereocenters. The molecule has 38 heavy (non-hydrogen) atoms. The van der Waals surface area contributed by atoms with Gasteiger partial charge in [0.15, 0.2) is 11.4 Å². The van der Waals surface area contributed by atoms with Gasteiger partial charge in [-0.25, -0.2) is 13.2 Å². The Kier molecular flexibility index (Phi) is 7.93. The van der Waals surface area contributed by atoms with Crippen LogP contribution in [0.4, 0.5) is 26.3 Å². The van der Waals surface area contributed by atoms with Gasteiger partial charge in [-0.1, -0.05) is 12.2 Å². The van der Waals surface area contributed by atoms with E-state index in [1.54, 1.807) is 0 Å². The van der Waals surface area contributed by atoms with Gasteiger partial charge in [-0.2, -0.15) is 13.2 Å². The number of rotatable bonds is 8. The second-order valence-corrected chi connectivity index (χ2v) is 8.40. The van der Waals surface area contributed by atoms with E-state index in [0.29, 0.717) is 12.1 Å². The minimum atomic E-state index is -4.68. The fourth-order valence-electron chi connectivity index (χ4n) is 3.84. The first-order valence-electron chi connectivity index (χ1n) is 11.0. The second-order valence-electron chi connectivity index (χ2n) is 8.40. The van der Waals surface area contributed by atoms with Gasteiger partial charge in [0, 0.05) is 36.5 Å². The van der Waals surface area contributed by atoms with Crippen LogP contribution in [0.2, 0.25) is 0 Å². The van der Waals surface area contributed by atoms with E-state index in [4.69, 9.17) is 0 Å². The summed E-state index contributed by atoms with van der Waals surface area (Å²) in [4.78, 5) is 39.7. The van der Waals surface area contributed by atoms with Crippen LogP contribution >= 0.6 is 0 Å². The topological polar surface area (TPSA) is 94.9 Å². The highest BCUT2D eigenvalue weighted by Crippen LogP contribution is 2.29. The number of carbonyl (C=O) groups is 2. The van der Waals surface area contributed by atoms with Crippen LogP contribution in [-0.4, -0.2) is 51.4 Å². The quantitative estimate of drug-likeness (QED) is 0.393. The van der Waals surface area contributed by atoms with Crippen LogP contribution in [0.3, 0.4) is 0 Å². The number of alkyl halides is 3. The summed E-state index contributed by atoms with van der Waals surface area (Å²) in [6, 6.07) is -1.49. The van der Waals surface area contributed by atoms with Crippen LogP contribution in [0.1, 0.15) is 39.8 Å². The highest BCUT2D eigenvalue weighted by atomic mass is 19.4. The van der Waals surface area contributed by atoms with Gasteiger partial charge in [0.2, 0.25) is 5.43 Å². The molecule has 0 aliphatic carbocycles. The number of hydrogen-bond acceptors (Lipinski definition) is 5. The van der Waals surface area contributed by atoms with E-state index in [0.717, 1.165) is 26.9 Å². The molecule has 1 aromatic carbocycles. The van der Waals surface area contributed by atoms with Gasteiger partial charge in [0.25, 0.3) is 11.8 Å². The first-order valence-corrected chi connectivity index (χ1v) is 11.0. The Labute approximate surface area is 212 Å². The van der Waals surface area contributed by atoms with Crippen molar-refractivity contribution in [2.45, 2.75) is 38.1 Å². The van der Waals surface area contributed by atoms with E-state index in [1.807, 2.05) is 5.32 Å². The molecule has 0 bridgehead atoms. The highest BCUT2D eigenvalue weighted by molar-refractivity contribution is 5.99. The van der Waals surface area contributed by atoms with Gasteiger partial charge < -0.3 is 15.3 Å². The number of halogens is 6. The van der Waals surface area contributed by atoms with Crippen molar-refractivity contribution in [3.63, 3.8) is 0 Å². The fraction of sp³-hybridized carbons (Fsp3) is 0.292. The van der Waals surface area contributed by atoms with Crippen molar-refractivity contribution in [1.82, 2.24) is 14.9 Å². The zero-order valence-corrected chi connectivity index (χ0v) is 19.9. The molecule has 1 aromatic heterocycles. The summed E-state index contributed by atoms with van der Waals surface area (Å²) >= 11 is 0. The number of nitrogens with one attached hydrogen (secondary N) is 1. The highest BCUT2D eigenvalue weighted by Gasteiger charge is 2.41. The normalized spacial score (nSPS) is 15.1. The molecular weight excluding hydrogens is 522 g/mol. The predicted molar refractivity (Wildman–Crippen MR) is 123 cm³/mol. The molecule has 0 spiro atoms. The number of carbonyl (C=O) groups excluding carboxylic acids is 2. The number of hydrogen-bond donors (Lipinski definition) is 2. The number of benzene rings is 1. The van der Waals surface area contributed by atoms with Crippen LogP contribution < -0.4 is 15.8 Å². The average molecular weight is 544 g/mol. The van der Waals surface area contributed by atoms with E-state index in [-0.39, 0.29) is 0 Å². The third kappa shape index (κ3) is 5.53. The summed E-state index contributed by atoms with van der Waals surface area (Å²) < 4.78 is 81.6. The molecule has 2 aromatic rings. The maximum Gasteiger partial charge on any atom is 0.391 e. The Hall–Kier alpha value is -4.23. The maximum atomic E-state index is 13.9. The Morgan fingerprint density at radius 3 is 2.29 bits per heavy atom. The summed E-state index contributed by atoms with van der Waals surface area (Å²) in [6.07, 6.45) is -3.11. The third-order valence-electron chi connectivity index (χ3n) is 5.91. The Morgan fingerprint density at radius 2 is 1.76 bits per heavy atom. The lowest BCUT2D eigenvalue weighted by atomic mass is 10.1. The van der Waals surface area contributed by atoms with Crippen LogP contribution in [0, 0.1) is 17.5 Å².